The number of hydrogen-bond acceptors (Lipinski definition) is 5. The predicted molar refractivity (Wildman–Crippen MR) is 92.4 cm³/mol. The third-order valence-electron chi connectivity index (χ3n) is 3.23. The van der Waals surface area contributed by atoms with Gasteiger partial charge in [-0.25, -0.2) is 4.79 Å². The van der Waals surface area contributed by atoms with Crippen LogP contribution in [0, 0.1) is 0 Å². The zero-order valence-electron chi connectivity index (χ0n) is 13.2. The van der Waals surface area contributed by atoms with Crippen LogP contribution < -0.4 is 15.8 Å². The number of anilines is 2. The molecule has 2 aromatic carbocycles. The molecule has 0 saturated heterocycles. The number of carbonyl (C=O) groups excluding carboxylic acids is 2. The van der Waals surface area contributed by atoms with Gasteiger partial charge in [-0.3, -0.25) is 4.79 Å². The normalized spacial score (nSPS) is 11.5. The summed E-state index contributed by atoms with van der Waals surface area (Å²) in [5, 5.41) is 2.85. The quantitative estimate of drug-likeness (QED) is 0.640. The summed E-state index contributed by atoms with van der Waals surface area (Å²) in [7, 11) is 1.39. The van der Waals surface area contributed by atoms with Crippen LogP contribution in [0.1, 0.15) is 17.3 Å². The van der Waals surface area contributed by atoms with Gasteiger partial charge in [0.05, 0.1) is 17.8 Å². The third kappa shape index (κ3) is 4.17. The Kier molecular flexibility index (Phi) is 5.65. The van der Waals surface area contributed by atoms with Crippen LogP contribution in [0.2, 0.25) is 5.02 Å². The van der Waals surface area contributed by atoms with Gasteiger partial charge < -0.3 is 20.5 Å². The third-order valence-corrected chi connectivity index (χ3v) is 3.56. The van der Waals surface area contributed by atoms with Crippen molar-refractivity contribution in [3.05, 3.63) is 53.1 Å². The number of amides is 1. The highest BCUT2D eigenvalue weighted by Crippen LogP contribution is 2.29. The number of esters is 1. The van der Waals surface area contributed by atoms with Gasteiger partial charge >= 0.3 is 5.97 Å². The maximum absolute atomic E-state index is 12.3. The minimum atomic E-state index is -1.00. The molecule has 1 atom stereocenters. The summed E-state index contributed by atoms with van der Waals surface area (Å²) in [6, 6.07) is 11.6. The van der Waals surface area contributed by atoms with Crippen molar-refractivity contribution in [3.63, 3.8) is 0 Å². The summed E-state index contributed by atoms with van der Waals surface area (Å²) in [6.07, 6.45) is -1.00. The Labute approximate surface area is 144 Å². The van der Waals surface area contributed by atoms with Crippen molar-refractivity contribution in [2.45, 2.75) is 13.0 Å². The van der Waals surface area contributed by atoms with Crippen LogP contribution in [0.3, 0.4) is 0 Å². The van der Waals surface area contributed by atoms with Crippen molar-refractivity contribution in [1.82, 2.24) is 0 Å². The van der Waals surface area contributed by atoms with Crippen molar-refractivity contribution >= 4 is 34.9 Å². The smallest absolute Gasteiger partial charge is 0.342 e. The molecule has 0 radical (unpaired) electrons. The van der Waals surface area contributed by atoms with Gasteiger partial charge in [0.25, 0.3) is 5.91 Å². The number of ether oxygens (including phenoxy) is 2. The van der Waals surface area contributed by atoms with Gasteiger partial charge in [-0.05, 0) is 25.1 Å². The fraction of sp³-hybridized carbons (Fsp3) is 0.176. The fourth-order valence-electron chi connectivity index (χ4n) is 1.94. The molecule has 7 heteroatoms. The number of rotatable bonds is 5. The first-order chi connectivity index (χ1) is 11.4. The van der Waals surface area contributed by atoms with Crippen LogP contribution >= 0.6 is 11.6 Å². The number of benzene rings is 2. The highest BCUT2D eigenvalue weighted by molar-refractivity contribution is 6.33. The fourth-order valence-corrected chi connectivity index (χ4v) is 2.10. The lowest BCUT2D eigenvalue weighted by atomic mass is 10.2. The number of para-hydroxylation sites is 1. The number of nitrogens with one attached hydrogen (secondary N) is 1. The van der Waals surface area contributed by atoms with Crippen LogP contribution in [0.4, 0.5) is 11.4 Å². The monoisotopic (exact) mass is 348 g/mol. The molecule has 3 N–H and O–H groups in total. The molecule has 0 heterocycles. The zero-order valence-corrected chi connectivity index (χ0v) is 14.0. The lowest BCUT2D eigenvalue weighted by molar-refractivity contribution is -0.123. The Hall–Kier alpha value is -2.73. The van der Waals surface area contributed by atoms with Gasteiger partial charge in [0.15, 0.2) is 6.10 Å². The second kappa shape index (κ2) is 7.70. The molecule has 0 aliphatic heterocycles. The predicted octanol–water partition coefficient (Wildman–Crippen LogP) is 3.11. The van der Waals surface area contributed by atoms with Gasteiger partial charge in [-0.1, -0.05) is 29.8 Å². The van der Waals surface area contributed by atoms with E-state index in [0.29, 0.717) is 5.69 Å². The second-order valence-electron chi connectivity index (χ2n) is 4.98. The number of carbonyl (C=O) groups is 2. The number of hydrogen-bond donors (Lipinski definition) is 2. The molecule has 0 bridgehead atoms. The van der Waals surface area contributed by atoms with Crippen LogP contribution in [0.15, 0.2) is 42.5 Å². The van der Waals surface area contributed by atoms with E-state index in [9.17, 15) is 9.59 Å². The highest BCUT2D eigenvalue weighted by atomic mass is 35.5. The first-order valence-corrected chi connectivity index (χ1v) is 7.50. The lowest BCUT2D eigenvalue weighted by Crippen LogP contribution is -2.30. The maximum atomic E-state index is 12.3. The molecular formula is C17H17ClN2O4. The minimum Gasteiger partial charge on any atom is -0.496 e. The molecule has 0 aliphatic carbocycles. The SMILES string of the molecule is COc1cc(N)c(Cl)cc1C(=O)O[C@@H](C)C(=O)Nc1ccccc1. The molecule has 0 saturated carbocycles. The topological polar surface area (TPSA) is 90.7 Å². The number of methoxy groups -OCH3 is 1. The zero-order chi connectivity index (χ0) is 17.7. The number of nitrogen functional groups attached to an aromatic ring is 1. The Morgan fingerprint density at radius 1 is 1.21 bits per heavy atom. The lowest BCUT2D eigenvalue weighted by Gasteiger charge is -2.15. The number of nitrogens with two attached hydrogens (primary N) is 1. The summed E-state index contributed by atoms with van der Waals surface area (Å²) in [5.74, 6) is -0.961. The van der Waals surface area contributed by atoms with Gasteiger partial charge in [-0.2, -0.15) is 0 Å². The highest BCUT2D eigenvalue weighted by Gasteiger charge is 2.22. The molecule has 0 fully saturated rings. The molecule has 0 aromatic heterocycles. The van der Waals surface area contributed by atoms with Gasteiger partial charge in [0.2, 0.25) is 0 Å². The largest absolute Gasteiger partial charge is 0.496 e. The van der Waals surface area contributed by atoms with Crippen LogP contribution in [-0.4, -0.2) is 25.1 Å². The standard InChI is InChI=1S/C17H17ClN2O4/c1-10(16(21)20-11-6-4-3-5-7-11)24-17(22)12-8-13(18)14(19)9-15(12)23-2/h3-10H,19H2,1-2H3,(H,20,21)/t10-/m0/s1. The van der Waals surface area contributed by atoms with E-state index in [2.05, 4.69) is 5.32 Å². The van der Waals surface area contributed by atoms with E-state index in [0.717, 1.165) is 0 Å². The van der Waals surface area contributed by atoms with E-state index < -0.39 is 18.0 Å². The molecule has 126 valence electrons. The Morgan fingerprint density at radius 3 is 2.50 bits per heavy atom. The van der Waals surface area contributed by atoms with Gasteiger partial charge in [-0.15, -0.1) is 0 Å². The number of halogens is 1. The summed E-state index contributed by atoms with van der Waals surface area (Å²) in [4.78, 5) is 24.4. The van der Waals surface area contributed by atoms with Crippen LogP contribution in [-0.2, 0) is 9.53 Å². The molecule has 6 nitrogen and oxygen atoms in total. The molecule has 0 spiro atoms. The average Bonchev–Trinajstić information content (AvgIpc) is 2.57. The molecule has 1 amide bonds. The van der Waals surface area contributed by atoms with Crippen molar-refractivity contribution in [2.24, 2.45) is 0 Å². The van der Waals surface area contributed by atoms with Crippen molar-refractivity contribution < 1.29 is 19.1 Å². The molecule has 0 unspecified atom stereocenters. The van der Waals surface area contributed by atoms with Crippen molar-refractivity contribution in [3.8, 4) is 5.75 Å². The first kappa shape index (κ1) is 17.6. The second-order valence-corrected chi connectivity index (χ2v) is 5.38. The summed E-state index contributed by atoms with van der Waals surface area (Å²) < 4.78 is 10.3. The first-order valence-electron chi connectivity index (χ1n) is 7.12. The Morgan fingerprint density at radius 2 is 1.88 bits per heavy atom. The van der Waals surface area contributed by atoms with Crippen molar-refractivity contribution in [1.29, 1.82) is 0 Å². The van der Waals surface area contributed by atoms with Crippen molar-refractivity contribution in [2.75, 3.05) is 18.2 Å². The molecular weight excluding hydrogens is 332 g/mol. The van der Waals surface area contributed by atoms with E-state index in [1.54, 1.807) is 24.3 Å². The van der Waals surface area contributed by atoms with E-state index in [1.165, 1.54) is 26.2 Å². The van der Waals surface area contributed by atoms with E-state index >= 15 is 0 Å². The molecule has 24 heavy (non-hydrogen) atoms. The summed E-state index contributed by atoms with van der Waals surface area (Å²) in [6.45, 7) is 1.47. The minimum absolute atomic E-state index is 0.0936. The van der Waals surface area contributed by atoms with Gasteiger partial charge in [0.1, 0.15) is 11.3 Å². The van der Waals surface area contributed by atoms with E-state index in [-0.39, 0.29) is 22.0 Å². The average molecular weight is 349 g/mol. The van der Waals surface area contributed by atoms with E-state index in [1.807, 2.05) is 6.07 Å². The summed E-state index contributed by atoms with van der Waals surface area (Å²) >= 11 is 5.93. The molecule has 0 aliphatic rings. The van der Waals surface area contributed by atoms with Gasteiger partial charge in [0, 0.05) is 11.8 Å². The molecule has 2 rings (SSSR count). The maximum Gasteiger partial charge on any atom is 0.342 e. The van der Waals surface area contributed by atoms with Crippen LogP contribution in [0.5, 0.6) is 5.75 Å². The molecule has 2 aromatic rings. The Balaban J connectivity index is 2.09. The Bertz CT molecular complexity index is 750. The van der Waals surface area contributed by atoms with E-state index in [4.69, 9.17) is 26.8 Å². The van der Waals surface area contributed by atoms with Crippen LogP contribution in [0.25, 0.3) is 0 Å². The summed E-state index contributed by atoms with van der Waals surface area (Å²) in [5.41, 5.74) is 6.65.